The molecular formula is C28H41N. The summed E-state index contributed by atoms with van der Waals surface area (Å²) in [7, 11) is 0. The molecule has 1 heterocycles. The lowest BCUT2D eigenvalue weighted by atomic mass is 9.78. The van der Waals surface area contributed by atoms with Crippen molar-refractivity contribution in [2.24, 2.45) is 5.92 Å². The second-order valence-electron chi connectivity index (χ2n) is 9.19. The third-order valence-electron chi connectivity index (χ3n) is 6.84. The van der Waals surface area contributed by atoms with E-state index in [1.165, 1.54) is 106 Å². The maximum absolute atomic E-state index is 4.87. The van der Waals surface area contributed by atoms with Crippen molar-refractivity contribution in [1.29, 1.82) is 0 Å². The molecule has 0 N–H and O–H groups in total. The summed E-state index contributed by atoms with van der Waals surface area (Å²) >= 11 is 0. The van der Waals surface area contributed by atoms with Gasteiger partial charge >= 0.3 is 0 Å². The summed E-state index contributed by atoms with van der Waals surface area (Å²) in [5, 5.41) is 0. The zero-order valence-electron chi connectivity index (χ0n) is 18.8. The molecule has 0 unspecified atom stereocenters. The van der Waals surface area contributed by atoms with Gasteiger partial charge in [0, 0.05) is 23.4 Å². The quantitative estimate of drug-likeness (QED) is 0.349. The second kappa shape index (κ2) is 12.2. The molecule has 1 aromatic heterocycles. The van der Waals surface area contributed by atoms with Crippen LogP contribution >= 0.6 is 0 Å². The number of unbranched alkanes of at least 4 members (excludes halogenated alkanes) is 5. The molecule has 0 radical (unpaired) electrons. The Bertz CT molecular complexity index is 677. The number of rotatable bonds is 11. The Morgan fingerprint density at radius 3 is 2.07 bits per heavy atom. The van der Waals surface area contributed by atoms with Gasteiger partial charge < -0.3 is 0 Å². The zero-order chi connectivity index (χ0) is 20.3. The van der Waals surface area contributed by atoms with Gasteiger partial charge in [-0.2, -0.15) is 0 Å². The van der Waals surface area contributed by atoms with Crippen molar-refractivity contribution in [2.45, 2.75) is 103 Å². The third kappa shape index (κ3) is 6.98. The number of pyridine rings is 1. The molecule has 2 aromatic rings. The van der Waals surface area contributed by atoms with E-state index in [9.17, 15) is 0 Å². The molecule has 0 bridgehead atoms. The zero-order valence-corrected chi connectivity index (χ0v) is 18.8. The van der Waals surface area contributed by atoms with Crippen LogP contribution in [0.15, 0.2) is 42.6 Å². The minimum Gasteiger partial charge on any atom is -0.260 e. The van der Waals surface area contributed by atoms with Crippen molar-refractivity contribution in [3.63, 3.8) is 0 Å². The highest BCUT2D eigenvalue weighted by molar-refractivity contribution is 5.62. The number of hydrogen-bond acceptors (Lipinski definition) is 1. The van der Waals surface area contributed by atoms with Crippen molar-refractivity contribution < 1.29 is 0 Å². The van der Waals surface area contributed by atoms with Gasteiger partial charge in [-0.15, -0.1) is 0 Å². The molecule has 1 aliphatic rings. The maximum Gasteiger partial charge on any atom is 0.0434 e. The highest BCUT2D eigenvalue weighted by Gasteiger charge is 2.22. The predicted molar refractivity (Wildman–Crippen MR) is 126 cm³/mol. The van der Waals surface area contributed by atoms with E-state index in [-0.39, 0.29) is 0 Å². The summed E-state index contributed by atoms with van der Waals surface area (Å²) in [4.78, 5) is 4.87. The lowest BCUT2D eigenvalue weighted by molar-refractivity contribution is 0.299. The molecule has 0 aliphatic heterocycles. The lowest BCUT2D eigenvalue weighted by Crippen LogP contribution is -2.14. The van der Waals surface area contributed by atoms with E-state index in [1.807, 2.05) is 0 Å². The minimum absolute atomic E-state index is 0.678. The van der Waals surface area contributed by atoms with Crippen LogP contribution < -0.4 is 0 Å². The Morgan fingerprint density at radius 1 is 0.724 bits per heavy atom. The van der Waals surface area contributed by atoms with Gasteiger partial charge in [0.15, 0.2) is 0 Å². The first-order valence-electron chi connectivity index (χ1n) is 12.4. The monoisotopic (exact) mass is 391 g/mol. The van der Waals surface area contributed by atoms with Gasteiger partial charge in [-0.05, 0) is 55.2 Å². The lowest BCUT2D eigenvalue weighted by Gasteiger charge is -2.28. The predicted octanol–water partition coefficient (Wildman–Crippen LogP) is 8.73. The fraction of sp³-hybridized carbons (Fsp3) is 0.607. The first-order valence-corrected chi connectivity index (χ1v) is 12.4. The molecule has 0 atom stereocenters. The minimum atomic E-state index is 0.678. The molecule has 1 nitrogen and oxygen atoms in total. The van der Waals surface area contributed by atoms with Crippen LogP contribution in [0.5, 0.6) is 0 Å². The largest absolute Gasteiger partial charge is 0.260 e. The van der Waals surface area contributed by atoms with Gasteiger partial charge in [0.1, 0.15) is 0 Å². The first kappa shape index (κ1) is 22.1. The number of nitrogens with zero attached hydrogens (tertiary/aromatic N) is 1. The van der Waals surface area contributed by atoms with E-state index in [0.717, 1.165) is 5.92 Å². The van der Waals surface area contributed by atoms with Crippen LogP contribution in [0.25, 0.3) is 11.1 Å². The van der Waals surface area contributed by atoms with Crippen LogP contribution in [-0.2, 0) is 6.42 Å². The number of aryl methyl sites for hydroxylation is 1. The molecule has 0 saturated heterocycles. The van der Waals surface area contributed by atoms with E-state index in [0.29, 0.717) is 5.92 Å². The van der Waals surface area contributed by atoms with Crippen LogP contribution in [0.3, 0.4) is 0 Å². The van der Waals surface area contributed by atoms with Crippen LogP contribution in [0.2, 0.25) is 0 Å². The Hall–Kier alpha value is -1.63. The Morgan fingerprint density at radius 2 is 1.41 bits per heavy atom. The smallest absolute Gasteiger partial charge is 0.0434 e. The van der Waals surface area contributed by atoms with Gasteiger partial charge in [0.05, 0.1) is 0 Å². The van der Waals surface area contributed by atoms with Crippen LogP contribution in [0.4, 0.5) is 0 Å². The average molecular weight is 392 g/mol. The topological polar surface area (TPSA) is 12.9 Å². The van der Waals surface area contributed by atoms with E-state index in [1.54, 1.807) is 0 Å². The maximum atomic E-state index is 4.87. The Balaban J connectivity index is 1.43. The first-order chi connectivity index (χ1) is 14.3. The third-order valence-corrected chi connectivity index (χ3v) is 6.84. The number of aromatic nitrogens is 1. The molecule has 29 heavy (non-hydrogen) atoms. The summed E-state index contributed by atoms with van der Waals surface area (Å²) in [5.41, 5.74) is 5.27. The van der Waals surface area contributed by atoms with Gasteiger partial charge in [-0.1, -0.05) is 95.5 Å². The van der Waals surface area contributed by atoms with Gasteiger partial charge in [0.2, 0.25) is 0 Å². The molecular weight excluding hydrogens is 350 g/mol. The second-order valence-corrected chi connectivity index (χ2v) is 9.19. The highest BCUT2D eigenvalue weighted by Crippen LogP contribution is 2.37. The van der Waals surface area contributed by atoms with Crippen LogP contribution in [-0.4, -0.2) is 4.98 Å². The van der Waals surface area contributed by atoms with Crippen LogP contribution in [0, 0.1) is 5.92 Å². The molecule has 1 saturated carbocycles. The van der Waals surface area contributed by atoms with Crippen molar-refractivity contribution in [3.8, 4) is 11.1 Å². The SMILES string of the molecule is CCCCCCCC[C@H]1CC[C@H](c2ccc(-c3ccc(CCC)cc3)cn2)CC1. The van der Waals surface area contributed by atoms with Crippen molar-refractivity contribution in [1.82, 2.24) is 4.98 Å². The van der Waals surface area contributed by atoms with Crippen molar-refractivity contribution >= 4 is 0 Å². The highest BCUT2D eigenvalue weighted by atomic mass is 14.7. The summed E-state index contributed by atoms with van der Waals surface area (Å²) in [6, 6.07) is 13.6. The normalized spacial score (nSPS) is 19.4. The van der Waals surface area contributed by atoms with Gasteiger partial charge in [0.25, 0.3) is 0 Å². The van der Waals surface area contributed by atoms with Crippen molar-refractivity contribution in [2.75, 3.05) is 0 Å². The summed E-state index contributed by atoms with van der Waals surface area (Å²) in [5.74, 6) is 1.65. The summed E-state index contributed by atoms with van der Waals surface area (Å²) in [6.45, 7) is 4.53. The number of benzene rings is 1. The average Bonchev–Trinajstić information content (AvgIpc) is 2.78. The fourth-order valence-corrected chi connectivity index (χ4v) is 4.93. The summed E-state index contributed by atoms with van der Waals surface area (Å²) in [6.07, 6.45) is 19.9. The van der Waals surface area contributed by atoms with Crippen molar-refractivity contribution in [3.05, 3.63) is 53.9 Å². The Kier molecular flexibility index (Phi) is 9.25. The van der Waals surface area contributed by atoms with E-state index < -0.39 is 0 Å². The molecule has 158 valence electrons. The van der Waals surface area contributed by atoms with E-state index in [2.05, 4.69) is 56.4 Å². The summed E-state index contributed by atoms with van der Waals surface area (Å²) < 4.78 is 0. The van der Waals surface area contributed by atoms with Crippen LogP contribution in [0.1, 0.15) is 108 Å². The van der Waals surface area contributed by atoms with Gasteiger partial charge in [-0.25, -0.2) is 0 Å². The fourth-order valence-electron chi connectivity index (χ4n) is 4.93. The molecule has 1 fully saturated rings. The Labute approximate surface area is 179 Å². The molecule has 1 aliphatic carbocycles. The van der Waals surface area contributed by atoms with E-state index >= 15 is 0 Å². The standard InChI is InChI=1S/C28H41N/c1-3-5-6-7-8-9-11-24-14-18-26(19-15-24)28-21-20-27(22-29-28)25-16-12-23(10-4-2)13-17-25/h12-13,16-17,20-22,24,26H,3-11,14-15,18-19H2,1-2H3/t24-,26-. The molecule has 0 spiro atoms. The number of hydrogen-bond donors (Lipinski definition) is 0. The van der Waals surface area contributed by atoms with E-state index in [4.69, 9.17) is 4.98 Å². The molecule has 1 aromatic carbocycles. The molecule has 3 rings (SSSR count). The van der Waals surface area contributed by atoms with Gasteiger partial charge in [-0.3, -0.25) is 4.98 Å². The molecule has 0 amide bonds. The molecule has 1 heteroatoms.